The number of ether oxygens (including phenoxy) is 3. The predicted octanol–water partition coefficient (Wildman–Crippen LogP) is 3.49. The van der Waals surface area contributed by atoms with E-state index in [2.05, 4.69) is 5.32 Å². The van der Waals surface area contributed by atoms with Gasteiger partial charge in [0.2, 0.25) is 0 Å². The number of aryl methyl sites for hydroxylation is 1. The van der Waals surface area contributed by atoms with Gasteiger partial charge in [-0.2, -0.15) is 0 Å². The van der Waals surface area contributed by atoms with Gasteiger partial charge in [-0.05, 0) is 43.2 Å². The fraction of sp³-hybridized carbons (Fsp3) is 0.300. The van der Waals surface area contributed by atoms with Crippen LogP contribution in [0.4, 0.5) is 14.5 Å². The van der Waals surface area contributed by atoms with E-state index < -0.39 is 29.6 Å². The second-order valence-electron chi connectivity index (χ2n) is 5.97. The molecule has 0 radical (unpaired) electrons. The Morgan fingerprint density at radius 3 is 2.21 bits per heavy atom. The summed E-state index contributed by atoms with van der Waals surface area (Å²) in [6, 6.07) is 8.21. The summed E-state index contributed by atoms with van der Waals surface area (Å²) in [5.41, 5.74) is 0.877. The summed E-state index contributed by atoms with van der Waals surface area (Å²) < 4.78 is 41.5. The summed E-state index contributed by atoms with van der Waals surface area (Å²) >= 11 is 0. The van der Waals surface area contributed by atoms with Crippen molar-refractivity contribution < 1.29 is 32.6 Å². The molecule has 0 heterocycles. The number of nitrogens with one attached hydrogen (secondary N) is 1. The van der Waals surface area contributed by atoms with Gasteiger partial charge < -0.3 is 19.5 Å². The van der Waals surface area contributed by atoms with Gasteiger partial charge in [0.15, 0.2) is 17.7 Å². The maximum absolute atomic E-state index is 13.2. The molecule has 0 unspecified atom stereocenters. The normalized spacial score (nSPS) is 11.5. The van der Waals surface area contributed by atoms with Crippen LogP contribution in [-0.4, -0.2) is 32.2 Å². The van der Waals surface area contributed by atoms with Crippen molar-refractivity contribution in [3.8, 4) is 11.5 Å². The highest BCUT2D eigenvalue weighted by atomic mass is 19.2. The second kappa shape index (κ2) is 9.68. The highest BCUT2D eigenvalue weighted by molar-refractivity contribution is 5.95. The molecule has 2 aromatic carbocycles. The van der Waals surface area contributed by atoms with E-state index in [0.717, 1.165) is 17.7 Å². The molecule has 0 aliphatic carbocycles. The van der Waals surface area contributed by atoms with Crippen LogP contribution in [0.3, 0.4) is 0 Å². The summed E-state index contributed by atoms with van der Waals surface area (Å²) in [6.07, 6.45) is -0.691. The number of halogens is 2. The van der Waals surface area contributed by atoms with Crippen LogP contribution in [0.25, 0.3) is 0 Å². The van der Waals surface area contributed by atoms with Gasteiger partial charge in [-0.3, -0.25) is 9.59 Å². The number of methoxy groups -OCH3 is 2. The number of anilines is 1. The lowest BCUT2D eigenvalue weighted by Gasteiger charge is -2.14. The summed E-state index contributed by atoms with van der Waals surface area (Å²) in [4.78, 5) is 24.1. The molecule has 1 N–H and O–H groups in total. The molecule has 0 aliphatic rings. The zero-order valence-corrected chi connectivity index (χ0v) is 15.8. The van der Waals surface area contributed by atoms with Crippen LogP contribution in [0.1, 0.15) is 18.9 Å². The van der Waals surface area contributed by atoms with Crippen molar-refractivity contribution in [2.24, 2.45) is 0 Å². The Labute approximate surface area is 161 Å². The Bertz CT molecular complexity index is 834. The average Bonchev–Trinajstić information content (AvgIpc) is 2.68. The van der Waals surface area contributed by atoms with E-state index in [1.807, 2.05) is 0 Å². The van der Waals surface area contributed by atoms with Crippen molar-refractivity contribution in [2.45, 2.75) is 25.9 Å². The number of esters is 1. The molecule has 0 saturated heterocycles. The molecule has 0 spiro atoms. The van der Waals surface area contributed by atoms with E-state index in [9.17, 15) is 18.4 Å². The molecule has 1 atom stereocenters. The number of hydrogen-bond donors (Lipinski definition) is 1. The molecular formula is C20H21F2NO5. The van der Waals surface area contributed by atoms with Crippen molar-refractivity contribution in [3.05, 3.63) is 53.6 Å². The van der Waals surface area contributed by atoms with Gasteiger partial charge in [-0.1, -0.05) is 0 Å². The van der Waals surface area contributed by atoms with E-state index in [-0.39, 0.29) is 12.1 Å². The molecule has 0 aliphatic heterocycles. The minimum absolute atomic E-state index is 0.0408. The van der Waals surface area contributed by atoms with Crippen molar-refractivity contribution in [2.75, 3.05) is 19.5 Å². The van der Waals surface area contributed by atoms with Gasteiger partial charge in [0, 0.05) is 24.2 Å². The monoisotopic (exact) mass is 393 g/mol. The maximum Gasteiger partial charge on any atom is 0.306 e. The smallest absolute Gasteiger partial charge is 0.306 e. The third-order valence-electron chi connectivity index (χ3n) is 3.89. The number of rotatable bonds is 8. The molecule has 150 valence electrons. The Kier molecular flexibility index (Phi) is 7.31. The SMILES string of the molecule is COc1cc(CCC(=O)O[C@H](C)C(=O)Nc2ccc(F)c(F)c2)cc(OC)c1. The first-order chi connectivity index (χ1) is 13.3. The first-order valence-corrected chi connectivity index (χ1v) is 8.49. The van der Waals surface area contributed by atoms with Crippen LogP contribution in [0.2, 0.25) is 0 Å². The summed E-state index contributed by atoms with van der Waals surface area (Å²) in [5.74, 6) is -2.14. The number of amides is 1. The van der Waals surface area contributed by atoms with Gasteiger partial charge in [-0.15, -0.1) is 0 Å². The van der Waals surface area contributed by atoms with Crippen molar-refractivity contribution in [3.63, 3.8) is 0 Å². The van der Waals surface area contributed by atoms with Gasteiger partial charge in [0.25, 0.3) is 5.91 Å². The molecular weight excluding hydrogens is 372 g/mol. The van der Waals surface area contributed by atoms with Gasteiger partial charge in [0.1, 0.15) is 11.5 Å². The zero-order valence-electron chi connectivity index (χ0n) is 15.8. The molecule has 6 nitrogen and oxygen atoms in total. The van der Waals surface area contributed by atoms with Crippen LogP contribution < -0.4 is 14.8 Å². The summed E-state index contributed by atoms with van der Waals surface area (Å²) in [6.45, 7) is 1.39. The molecule has 2 aromatic rings. The standard InChI is InChI=1S/C20H21F2NO5/c1-12(20(25)23-14-5-6-17(21)18(22)10-14)28-19(24)7-4-13-8-15(26-2)11-16(9-13)27-3/h5-6,8-12H,4,7H2,1-3H3,(H,23,25)/t12-/m1/s1. The highest BCUT2D eigenvalue weighted by Gasteiger charge is 2.18. The minimum Gasteiger partial charge on any atom is -0.497 e. The molecule has 8 heteroatoms. The van der Waals surface area contributed by atoms with Crippen molar-refractivity contribution in [1.82, 2.24) is 0 Å². The minimum atomic E-state index is -1.10. The molecule has 0 fully saturated rings. The molecule has 0 saturated carbocycles. The Balaban J connectivity index is 1.88. The van der Waals surface area contributed by atoms with E-state index in [1.165, 1.54) is 27.2 Å². The fourth-order valence-corrected chi connectivity index (χ4v) is 2.38. The fourth-order valence-electron chi connectivity index (χ4n) is 2.38. The Morgan fingerprint density at radius 1 is 1.00 bits per heavy atom. The maximum atomic E-state index is 13.2. The first kappa shape index (κ1) is 21.1. The average molecular weight is 393 g/mol. The number of carbonyl (C=O) groups excluding carboxylic acids is 2. The largest absolute Gasteiger partial charge is 0.497 e. The molecule has 0 aromatic heterocycles. The lowest BCUT2D eigenvalue weighted by atomic mass is 10.1. The van der Waals surface area contributed by atoms with E-state index in [4.69, 9.17) is 14.2 Å². The van der Waals surface area contributed by atoms with Gasteiger partial charge in [-0.25, -0.2) is 8.78 Å². The Morgan fingerprint density at radius 2 is 1.64 bits per heavy atom. The quantitative estimate of drug-likeness (QED) is 0.695. The topological polar surface area (TPSA) is 73.9 Å². The molecule has 0 bridgehead atoms. The van der Waals surface area contributed by atoms with E-state index in [1.54, 1.807) is 18.2 Å². The number of benzene rings is 2. The summed E-state index contributed by atoms with van der Waals surface area (Å²) in [5, 5.41) is 2.36. The van der Waals surface area contributed by atoms with Crippen molar-refractivity contribution >= 4 is 17.6 Å². The van der Waals surface area contributed by atoms with Crippen LogP contribution in [0.15, 0.2) is 36.4 Å². The van der Waals surface area contributed by atoms with E-state index >= 15 is 0 Å². The molecule has 2 rings (SSSR count). The lowest BCUT2D eigenvalue weighted by molar-refractivity contribution is -0.153. The van der Waals surface area contributed by atoms with Crippen LogP contribution in [0, 0.1) is 11.6 Å². The van der Waals surface area contributed by atoms with Crippen molar-refractivity contribution in [1.29, 1.82) is 0 Å². The molecule has 28 heavy (non-hydrogen) atoms. The van der Waals surface area contributed by atoms with Crippen LogP contribution in [0.5, 0.6) is 11.5 Å². The zero-order chi connectivity index (χ0) is 20.7. The van der Waals surface area contributed by atoms with Crippen LogP contribution in [-0.2, 0) is 20.7 Å². The van der Waals surface area contributed by atoms with Gasteiger partial charge in [0.05, 0.1) is 14.2 Å². The third-order valence-corrected chi connectivity index (χ3v) is 3.89. The number of carbonyl (C=O) groups is 2. The van der Waals surface area contributed by atoms with E-state index in [0.29, 0.717) is 17.9 Å². The van der Waals surface area contributed by atoms with Gasteiger partial charge >= 0.3 is 5.97 Å². The molecule has 1 amide bonds. The van der Waals surface area contributed by atoms with Crippen LogP contribution >= 0.6 is 0 Å². The number of hydrogen-bond acceptors (Lipinski definition) is 5. The summed E-state index contributed by atoms with van der Waals surface area (Å²) in [7, 11) is 3.06. The Hall–Kier alpha value is -3.16. The highest BCUT2D eigenvalue weighted by Crippen LogP contribution is 2.23. The third kappa shape index (κ3) is 5.94. The second-order valence-corrected chi connectivity index (χ2v) is 5.97. The first-order valence-electron chi connectivity index (χ1n) is 8.49. The predicted molar refractivity (Wildman–Crippen MR) is 98.4 cm³/mol. The lowest BCUT2D eigenvalue weighted by Crippen LogP contribution is -2.30.